The van der Waals surface area contributed by atoms with E-state index >= 15 is 0 Å². The Kier molecular flexibility index (Phi) is 5.33. The van der Waals surface area contributed by atoms with Gasteiger partial charge < -0.3 is 9.64 Å². The first kappa shape index (κ1) is 17.1. The lowest BCUT2D eigenvalue weighted by Gasteiger charge is -2.33. The van der Waals surface area contributed by atoms with Crippen molar-refractivity contribution < 1.29 is 9.53 Å². The minimum Gasteiger partial charge on any atom is -0.467 e. The number of aromatic nitrogens is 2. The zero-order chi connectivity index (χ0) is 17.1. The Bertz CT molecular complexity index is 722. The number of carbonyl (C=O) groups is 1. The average Bonchev–Trinajstić information content (AvgIpc) is 2.89. The number of ether oxygens (including phenoxy) is 1. The number of amides is 1. The normalized spacial score (nSPS) is 15.6. The first-order chi connectivity index (χ1) is 11.6. The van der Waals surface area contributed by atoms with Gasteiger partial charge in [0, 0.05) is 17.5 Å². The van der Waals surface area contributed by atoms with Gasteiger partial charge in [-0.15, -0.1) is 11.3 Å². The minimum atomic E-state index is 0.0464. The first-order valence-corrected chi connectivity index (χ1v) is 9.56. The highest BCUT2D eigenvalue weighted by Gasteiger charge is 2.24. The van der Waals surface area contributed by atoms with E-state index < -0.39 is 0 Å². The summed E-state index contributed by atoms with van der Waals surface area (Å²) in [6, 6.07) is 0.371. The van der Waals surface area contributed by atoms with Crippen LogP contribution in [0.2, 0.25) is 0 Å². The highest BCUT2D eigenvalue weighted by molar-refractivity contribution is 7.18. The molecule has 0 radical (unpaired) electrons. The molecule has 1 aliphatic rings. The van der Waals surface area contributed by atoms with E-state index in [-0.39, 0.29) is 12.5 Å². The number of fused-ring (bicyclic) bond motifs is 1. The van der Waals surface area contributed by atoms with Crippen LogP contribution in [0.15, 0.2) is 6.33 Å². The molecule has 2 aromatic rings. The summed E-state index contributed by atoms with van der Waals surface area (Å²) in [6.07, 6.45) is 7.45. The second kappa shape index (κ2) is 7.47. The number of hydrogen-bond donors (Lipinski definition) is 0. The molecule has 3 rings (SSSR count). The van der Waals surface area contributed by atoms with Crippen molar-refractivity contribution in [3.8, 4) is 5.88 Å². The molecule has 24 heavy (non-hydrogen) atoms. The van der Waals surface area contributed by atoms with Crippen LogP contribution in [0.1, 0.15) is 49.5 Å². The van der Waals surface area contributed by atoms with Gasteiger partial charge in [0.25, 0.3) is 5.91 Å². The fourth-order valence-corrected chi connectivity index (χ4v) is 4.49. The second-order valence-electron chi connectivity index (χ2n) is 6.40. The highest BCUT2D eigenvalue weighted by atomic mass is 32.1. The second-order valence-corrected chi connectivity index (χ2v) is 7.61. The van der Waals surface area contributed by atoms with Crippen LogP contribution >= 0.6 is 11.3 Å². The Morgan fingerprint density at radius 1 is 1.29 bits per heavy atom. The number of nitrogens with zero attached hydrogens (tertiary/aromatic N) is 3. The van der Waals surface area contributed by atoms with E-state index in [1.807, 2.05) is 18.7 Å². The number of aryl methyl sites for hydroxylation is 2. The van der Waals surface area contributed by atoms with Gasteiger partial charge in [-0.05, 0) is 39.2 Å². The molecule has 0 N–H and O–H groups in total. The van der Waals surface area contributed by atoms with Gasteiger partial charge in [-0.3, -0.25) is 4.79 Å². The number of rotatable bonds is 5. The summed E-state index contributed by atoms with van der Waals surface area (Å²) in [5.74, 6) is 0.579. The van der Waals surface area contributed by atoms with Crippen LogP contribution in [0.4, 0.5) is 0 Å². The third-order valence-electron chi connectivity index (χ3n) is 4.94. The van der Waals surface area contributed by atoms with E-state index in [4.69, 9.17) is 4.74 Å². The Morgan fingerprint density at radius 2 is 2.04 bits per heavy atom. The Hall–Kier alpha value is -1.69. The quantitative estimate of drug-likeness (QED) is 0.824. The molecule has 130 valence electrons. The van der Waals surface area contributed by atoms with Crippen LogP contribution in [0.3, 0.4) is 0 Å². The molecule has 0 unspecified atom stereocenters. The van der Waals surface area contributed by atoms with E-state index in [1.165, 1.54) is 30.5 Å². The summed E-state index contributed by atoms with van der Waals surface area (Å²) in [7, 11) is 0. The molecule has 0 aromatic carbocycles. The van der Waals surface area contributed by atoms with Crippen LogP contribution in [-0.4, -0.2) is 40.0 Å². The lowest BCUT2D eigenvalue weighted by Crippen LogP contribution is -2.43. The van der Waals surface area contributed by atoms with Crippen molar-refractivity contribution in [2.24, 2.45) is 0 Å². The molecule has 1 amide bonds. The smallest absolute Gasteiger partial charge is 0.260 e. The van der Waals surface area contributed by atoms with Gasteiger partial charge in [-0.2, -0.15) is 0 Å². The Labute approximate surface area is 147 Å². The minimum absolute atomic E-state index is 0.0464. The van der Waals surface area contributed by atoms with Crippen molar-refractivity contribution in [2.75, 3.05) is 13.2 Å². The van der Waals surface area contributed by atoms with E-state index in [2.05, 4.69) is 16.9 Å². The SMILES string of the molecule is CCN(C(=O)COc1ncnc2sc(C)c(C)c12)C1CCCCC1. The fourth-order valence-electron chi connectivity index (χ4n) is 3.50. The molecular weight excluding hydrogens is 322 g/mol. The molecule has 2 aromatic heterocycles. The maximum Gasteiger partial charge on any atom is 0.260 e. The van der Waals surface area contributed by atoms with Crippen LogP contribution in [-0.2, 0) is 4.79 Å². The third-order valence-corrected chi connectivity index (χ3v) is 6.05. The van der Waals surface area contributed by atoms with Crippen molar-refractivity contribution in [1.29, 1.82) is 0 Å². The maximum absolute atomic E-state index is 12.6. The van der Waals surface area contributed by atoms with Crippen molar-refractivity contribution in [2.45, 2.75) is 58.9 Å². The van der Waals surface area contributed by atoms with Crippen molar-refractivity contribution in [1.82, 2.24) is 14.9 Å². The lowest BCUT2D eigenvalue weighted by molar-refractivity contribution is -0.136. The predicted octanol–water partition coefficient (Wildman–Crippen LogP) is 3.87. The summed E-state index contributed by atoms with van der Waals surface area (Å²) >= 11 is 1.63. The monoisotopic (exact) mass is 347 g/mol. The molecule has 1 aliphatic carbocycles. The molecule has 0 bridgehead atoms. The first-order valence-electron chi connectivity index (χ1n) is 8.74. The van der Waals surface area contributed by atoms with Crippen LogP contribution in [0.5, 0.6) is 5.88 Å². The van der Waals surface area contributed by atoms with Gasteiger partial charge >= 0.3 is 0 Å². The topological polar surface area (TPSA) is 55.3 Å². The summed E-state index contributed by atoms with van der Waals surface area (Å²) in [4.78, 5) is 25.3. The zero-order valence-electron chi connectivity index (χ0n) is 14.7. The summed E-state index contributed by atoms with van der Waals surface area (Å²) < 4.78 is 5.81. The van der Waals surface area contributed by atoms with E-state index in [9.17, 15) is 4.79 Å². The molecule has 1 saturated carbocycles. The average molecular weight is 347 g/mol. The molecule has 5 nitrogen and oxygen atoms in total. The summed E-state index contributed by atoms with van der Waals surface area (Å²) in [5, 5.41) is 0.938. The number of thiophene rings is 1. The molecule has 1 fully saturated rings. The molecule has 6 heteroatoms. The molecule has 2 heterocycles. The fraction of sp³-hybridized carbons (Fsp3) is 0.611. The van der Waals surface area contributed by atoms with Gasteiger partial charge in [-0.25, -0.2) is 9.97 Å². The molecule has 0 spiro atoms. The molecular formula is C18H25N3O2S. The van der Waals surface area contributed by atoms with Gasteiger partial charge in [-0.1, -0.05) is 19.3 Å². The van der Waals surface area contributed by atoms with Gasteiger partial charge in [0.05, 0.1) is 5.39 Å². The van der Waals surface area contributed by atoms with Crippen LogP contribution in [0, 0.1) is 13.8 Å². The van der Waals surface area contributed by atoms with Crippen LogP contribution in [0.25, 0.3) is 10.2 Å². The zero-order valence-corrected chi connectivity index (χ0v) is 15.5. The van der Waals surface area contributed by atoms with Crippen molar-refractivity contribution in [3.63, 3.8) is 0 Å². The Balaban J connectivity index is 1.71. The van der Waals surface area contributed by atoms with E-state index in [1.54, 1.807) is 11.3 Å². The van der Waals surface area contributed by atoms with Crippen molar-refractivity contribution in [3.05, 3.63) is 16.8 Å². The highest BCUT2D eigenvalue weighted by Crippen LogP contribution is 2.33. The maximum atomic E-state index is 12.6. The summed E-state index contributed by atoms with van der Waals surface area (Å²) in [5.41, 5.74) is 1.14. The third kappa shape index (κ3) is 3.38. The predicted molar refractivity (Wildman–Crippen MR) is 96.6 cm³/mol. The largest absolute Gasteiger partial charge is 0.467 e. The standard InChI is InChI=1S/C18H25N3O2S/c1-4-21(14-8-6-5-7-9-14)15(22)10-23-17-16-12(2)13(3)24-18(16)20-11-19-17/h11,14H,4-10H2,1-3H3. The van der Waals surface area contributed by atoms with Crippen molar-refractivity contribution >= 4 is 27.5 Å². The molecule has 0 atom stereocenters. The lowest BCUT2D eigenvalue weighted by atomic mass is 9.94. The van der Waals surface area contributed by atoms with Gasteiger partial charge in [0.2, 0.25) is 5.88 Å². The van der Waals surface area contributed by atoms with E-state index in [0.717, 1.165) is 35.2 Å². The number of hydrogen-bond acceptors (Lipinski definition) is 5. The number of likely N-dealkylation sites (N-methyl/N-ethyl adjacent to an activating group) is 1. The van der Waals surface area contributed by atoms with Crippen LogP contribution < -0.4 is 4.74 Å². The molecule has 0 aliphatic heterocycles. The Morgan fingerprint density at radius 3 is 2.75 bits per heavy atom. The van der Waals surface area contributed by atoms with Gasteiger partial charge in [0.1, 0.15) is 11.2 Å². The van der Waals surface area contributed by atoms with Gasteiger partial charge in [0.15, 0.2) is 6.61 Å². The molecule has 0 saturated heterocycles. The summed E-state index contributed by atoms with van der Waals surface area (Å²) in [6.45, 7) is 6.94. The number of carbonyl (C=O) groups excluding carboxylic acids is 1. The van der Waals surface area contributed by atoms with E-state index in [0.29, 0.717) is 11.9 Å².